The number of nitrogens with zero attached hydrogens (tertiary/aromatic N) is 4. The molecule has 1 aliphatic heterocycles. The maximum atomic E-state index is 13.9. The van der Waals surface area contributed by atoms with Gasteiger partial charge in [-0.15, -0.1) is 16.9 Å². The molecule has 5 rings (SSSR count). The zero-order valence-corrected chi connectivity index (χ0v) is 22.5. The number of alkyl halides is 2. The summed E-state index contributed by atoms with van der Waals surface area (Å²) in [5.41, 5.74) is -3.86. The molecule has 16 heteroatoms. The number of hydrogen-bond donors (Lipinski definition) is 4. The molecule has 3 fully saturated rings. The Bertz CT molecular complexity index is 1270. The first kappa shape index (κ1) is 30.1. The molecule has 0 radical (unpaired) electrons. The lowest BCUT2D eigenvalue weighted by Crippen LogP contribution is -2.63. The highest BCUT2D eigenvalue weighted by Crippen LogP contribution is 2.52. The quantitative estimate of drug-likeness (QED) is 0.246. The Morgan fingerprint density at radius 3 is 2.39 bits per heavy atom. The Labute approximate surface area is 235 Å². The number of aromatic nitrogens is 3. The Hall–Kier alpha value is -2.37. The smallest absolute Gasteiger partial charge is 0.253 e. The van der Waals surface area contributed by atoms with E-state index >= 15 is 0 Å². The summed E-state index contributed by atoms with van der Waals surface area (Å²) in [5.74, 6) is -8.18. The molecular weight excluding hydrogens is 579 g/mol. The topological polar surface area (TPSA) is 141 Å². The highest BCUT2D eigenvalue weighted by molar-refractivity contribution is 8.01. The van der Waals surface area contributed by atoms with Crippen LogP contribution in [0.5, 0.6) is 0 Å². The lowest BCUT2D eigenvalue weighted by atomic mass is 9.74. The molecule has 1 aromatic carbocycles. The molecule has 0 spiro atoms. The number of amides is 1. The molecule has 3 aliphatic rings. The lowest BCUT2D eigenvalue weighted by Gasteiger charge is -2.49. The van der Waals surface area contributed by atoms with Gasteiger partial charge in [0, 0.05) is 32.0 Å². The fraction of sp³-hybridized carbons (Fsp3) is 0.640. The predicted molar refractivity (Wildman–Crippen MR) is 133 cm³/mol. The van der Waals surface area contributed by atoms with Crippen molar-refractivity contribution in [1.82, 2.24) is 19.9 Å². The predicted octanol–water partition coefficient (Wildman–Crippen LogP) is 1.47. The largest absolute Gasteiger partial charge is 0.394 e. The Kier molecular flexibility index (Phi) is 8.10. The van der Waals surface area contributed by atoms with Crippen LogP contribution in [0.25, 0.3) is 11.3 Å². The van der Waals surface area contributed by atoms with E-state index in [-0.39, 0.29) is 17.2 Å². The van der Waals surface area contributed by atoms with Crippen LogP contribution in [0.15, 0.2) is 18.3 Å². The molecule has 1 amide bonds. The fourth-order valence-corrected chi connectivity index (χ4v) is 6.82. The van der Waals surface area contributed by atoms with E-state index in [2.05, 4.69) is 10.3 Å². The number of hydrogen-bond acceptors (Lipinski definition) is 9. The summed E-state index contributed by atoms with van der Waals surface area (Å²) in [6.45, 7) is -0.386. The Morgan fingerprint density at radius 2 is 1.83 bits per heavy atom. The summed E-state index contributed by atoms with van der Waals surface area (Å²) in [6, 6.07) is -0.0306. The van der Waals surface area contributed by atoms with Crippen molar-refractivity contribution in [2.45, 2.75) is 72.2 Å². The molecule has 2 aliphatic carbocycles. The second-order valence-electron chi connectivity index (χ2n) is 11.0. The van der Waals surface area contributed by atoms with Crippen LogP contribution in [0.1, 0.15) is 31.7 Å². The summed E-state index contributed by atoms with van der Waals surface area (Å²) >= 11 is 0.598. The Balaban J connectivity index is 1.42. The van der Waals surface area contributed by atoms with E-state index in [9.17, 15) is 47.2 Å². The first-order valence-electron chi connectivity index (χ1n) is 12.9. The third kappa shape index (κ3) is 5.95. The minimum absolute atomic E-state index is 0.140. The van der Waals surface area contributed by atoms with Gasteiger partial charge in [0.2, 0.25) is 5.91 Å². The van der Waals surface area contributed by atoms with Gasteiger partial charge in [0.1, 0.15) is 40.7 Å². The zero-order valence-electron chi connectivity index (χ0n) is 21.7. The van der Waals surface area contributed by atoms with Crippen LogP contribution in [-0.2, 0) is 9.53 Å². The lowest BCUT2D eigenvalue weighted by molar-refractivity contribution is -0.206. The van der Waals surface area contributed by atoms with E-state index in [1.165, 1.54) is 11.9 Å². The second kappa shape index (κ2) is 11.0. The molecular formula is C25H29F5N4O6S. The molecule has 10 nitrogen and oxygen atoms in total. The van der Waals surface area contributed by atoms with Crippen LogP contribution in [0.2, 0.25) is 0 Å². The minimum atomic E-state index is -3.18. The van der Waals surface area contributed by atoms with Gasteiger partial charge in [-0.1, -0.05) is 5.21 Å². The summed E-state index contributed by atoms with van der Waals surface area (Å²) in [7, 11) is 1.49. The van der Waals surface area contributed by atoms with Gasteiger partial charge in [0.25, 0.3) is 5.92 Å². The van der Waals surface area contributed by atoms with Crippen LogP contribution < -0.4 is 0 Å². The van der Waals surface area contributed by atoms with Crippen molar-refractivity contribution >= 4 is 17.7 Å². The first-order valence-corrected chi connectivity index (χ1v) is 13.9. The van der Waals surface area contributed by atoms with Gasteiger partial charge in [-0.05, 0) is 30.9 Å². The molecule has 1 saturated heterocycles. The van der Waals surface area contributed by atoms with Gasteiger partial charge in [-0.3, -0.25) is 4.79 Å². The van der Waals surface area contributed by atoms with Gasteiger partial charge >= 0.3 is 0 Å². The summed E-state index contributed by atoms with van der Waals surface area (Å²) in [4.78, 5) is 14.7. The number of carbonyl (C=O) groups is 1. The van der Waals surface area contributed by atoms with E-state index in [4.69, 9.17) is 4.74 Å². The highest BCUT2D eigenvalue weighted by Gasteiger charge is 2.63. The van der Waals surface area contributed by atoms with Crippen molar-refractivity contribution in [3.63, 3.8) is 0 Å². The number of carbonyl (C=O) groups excluding carboxylic acids is 1. The molecule has 1 aromatic heterocycles. The maximum Gasteiger partial charge on any atom is 0.253 e. The van der Waals surface area contributed by atoms with E-state index in [0.29, 0.717) is 30.4 Å². The van der Waals surface area contributed by atoms with Crippen LogP contribution in [0.3, 0.4) is 0 Å². The number of aliphatic hydroxyl groups is 4. The molecule has 41 heavy (non-hydrogen) atoms. The normalized spacial score (nSPS) is 29.6. The fourth-order valence-electron chi connectivity index (χ4n) is 5.31. The van der Waals surface area contributed by atoms with Gasteiger partial charge < -0.3 is 30.1 Å². The van der Waals surface area contributed by atoms with Crippen LogP contribution in [0.4, 0.5) is 22.0 Å². The SMILES string of the molecule is CN(CC1CC1)C(=O)[C@@H](S[C@@H]1O[C@H](CO)[C@H](O)[C@H](n2cc(-c3cc(F)c(F)c(F)c3)nn2)[C@H]1O)C1(O)CC(F)(F)C1. The van der Waals surface area contributed by atoms with Crippen molar-refractivity contribution in [1.29, 1.82) is 0 Å². The molecule has 2 saturated carbocycles. The average molecular weight is 609 g/mol. The second-order valence-corrected chi connectivity index (χ2v) is 12.2. The van der Waals surface area contributed by atoms with Crippen molar-refractivity contribution in [2.24, 2.45) is 5.92 Å². The molecule has 2 aromatic rings. The van der Waals surface area contributed by atoms with Crippen molar-refractivity contribution < 1.29 is 51.9 Å². The number of rotatable bonds is 9. The molecule has 4 N–H and O–H groups in total. The minimum Gasteiger partial charge on any atom is -0.394 e. The zero-order chi connectivity index (χ0) is 29.9. The van der Waals surface area contributed by atoms with Gasteiger partial charge in [-0.25, -0.2) is 26.6 Å². The van der Waals surface area contributed by atoms with Crippen molar-refractivity contribution in [3.8, 4) is 11.3 Å². The van der Waals surface area contributed by atoms with Gasteiger partial charge in [0.15, 0.2) is 17.5 Å². The average Bonchev–Trinajstić information content (AvgIpc) is 3.57. The van der Waals surface area contributed by atoms with E-state index in [1.54, 1.807) is 0 Å². The van der Waals surface area contributed by atoms with Crippen LogP contribution in [0, 0.1) is 23.4 Å². The van der Waals surface area contributed by atoms with Crippen molar-refractivity contribution in [2.75, 3.05) is 20.2 Å². The number of ether oxygens (including phenoxy) is 1. The van der Waals surface area contributed by atoms with E-state index in [1.807, 2.05) is 0 Å². The van der Waals surface area contributed by atoms with Gasteiger partial charge in [0.05, 0.1) is 18.4 Å². The third-order valence-corrected chi connectivity index (χ3v) is 9.23. The standard InChI is InChI=1S/C25H29F5N4O6S/c1-33(6-11-2-3-11)22(38)21(24(39)9-25(29,30)10-24)41-23-20(37)18(19(36)16(8-35)40-23)34-7-15(31-32-34)12-4-13(26)17(28)14(27)5-12/h4-5,7,11,16,18-21,23,35-37,39H,2-3,6,8-10H2,1H3/t16-,18+,19+,20-,21-,23+/m1/s1. The van der Waals surface area contributed by atoms with Crippen molar-refractivity contribution in [3.05, 3.63) is 35.8 Å². The maximum absolute atomic E-state index is 13.9. The van der Waals surface area contributed by atoms with Crippen LogP contribution in [-0.4, -0.2) is 107 Å². The highest BCUT2D eigenvalue weighted by atomic mass is 32.2. The third-order valence-electron chi connectivity index (χ3n) is 7.66. The monoisotopic (exact) mass is 608 g/mol. The molecule has 226 valence electrons. The molecule has 2 heterocycles. The molecule has 6 atom stereocenters. The Morgan fingerprint density at radius 1 is 1.20 bits per heavy atom. The summed E-state index contributed by atoms with van der Waals surface area (Å²) < 4.78 is 75.3. The van der Waals surface area contributed by atoms with Gasteiger partial charge in [-0.2, -0.15) is 0 Å². The number of aliphatic hydroxyl groups excluding tert-OH is 3. The first-order chi connectivity index (χ1) is 19.2. The van der Waals surface area contributed by atoms with E-state index < -0.39 is 89.4 Å². The van der Waals surface area contributed by atoms with Crippen LogP contribution >= 0.6 is 11.8 Å². The van der Waals surface area contributed by atoms with E-state index in [0.717, 1.165) is 23.7 Å². The number of halogens is 5. The number of benzene rings is 1. The number of thioether (sulfide) groups is 1. The summed E-state index contributed by atoms with van der Waals surface area (Å²) in [6.07, 6.45) is -3.64. The molecule has 0 bridgehead atoms. The molecule has 0 unspecified atom stereocenters. The summed E-state index contributed by atoms with van der Waals surface area (Å²) in [5, 5.41) is 49.1.